The molecule has 0 aliphatic rings. The highest BCUT2D eigenvalue weighted by Gasteiger charge is 2.14. The molecule has 0 atom stereocenters. The van der Waals surface area contributed by atoms with Crippen molar-refractivity contribution in [3.63, 3.8) is 0 Å². The summed E-state index contributed by atoms with van der Waals surface area (Å²) in [4.78, 5) is 11.8. The lowest BCUT2D eigenvalue weighted by atomic mass is 10.2. The molecular formula is C17H19NO5S. The lowest BCUT2D eigenvalue weighted by Crippen LogP contribution is -2.26. The zero-order valence-electron chi connectivity index (χ0n) is 13.3. The molecule has 0 aliphatic heterocycles. The van der Waals surface area contributed by atoms with E-state index in [1.807, 2.05) is 30.3 Å². The molecule has 0 fully saturated rings. The van der Waals surface area contributed by atoms with E-state index in [-0.39, 0.29) is 24.5 Å². The van der Waals surface area contributed by atoms with E-state index in [2.05, 4.69) is 4.72 Å². The van der Waals surface area contributed by atoms with Gasteiger partial charge in [-0.1, -0.05) is 30.3 Å². The van der Waals surface area contributed by atoms with Gasteiger partial charge in [0, 0.05) is 6.54 Å². The fourth-order valence-electron chi connectivity index (χ4n) is 1.94. The van der Waals surface area contributed by atoms with Crippen molar-refractivity contribution in [3.05, 3.63) is 60.2 Å². The van der Waals surface area contributed by atoms with Crippen molar-refractivity contribution >= 4 is 16.0 Å². The molecule has 1 N–H and O–H groups in total. The zero-order valence-corrected chi connectivity index (χ0v) is 14.1. The van der Waals surface area contributed by atoms with Gasteiger partial charge in [-0.15, -0.1) is 0 Å². The van der Waals surface area contributed by atoms with Gasteiger partial charge in [-0.05, 0) is 29.8 Å². The van der Waals surface area contributed by atoms with Crippen molar-refractivity contribution in [1.29, 1.82) is 0 Å². The normalized spacial score (nSPS) is 11.0. The summed E-state index contributed by atoms with van der Waals surface area (Å²) in [6.07, 6.45) is -0.0395. The van der Waals surface area contributed by atoms with Gasteiger partial charge in [0.05, 0.1) is 18.4 Å². The molecule has 7 heteroatoms. The Balaban J connectivity index is 1.78. The number of sulfonamides is 1. The second-order valence-corrected chi connectivity index (χ2v) is 6.74. The van der Waals surface area contributed by atoms with E-state index >= 15 is 0 Å². The Kier molecular flexibility index (Phi) is 6.34. The van der Waals surface area contributed by atoms with Crippen LogP contribution < -0.4 is 9.46 Å². The average Bonchev–Trinajstić information content (AvgIpc) is 2.61. The van der Waals surface area contributed by atoms with Crippen molar-refractivity contribution in [3.8, 4) is 5.75 Å². The van der Waals surface area contributed by atoms with E-state index in [0.29, 0.717) is 5.75 Å². The molecule has 6 nitrogen and oxygen atoms in total. The van der Waals surface area contributed by atoms with Gasteiger partial charge in [-0.25, -0.2) is 13.1 Å². The molecule has 2 rings (SSSR count). The van der Waals surface area contributed by atoms with Crippen LogP contribution in [0.2, 0.25) is 0 Å². The molecule has 2 aromatic rings. The van der Waals surface area contributed by atoms with E-state index in [1.165, 1.54) is 19.2 Å². The fraction of sp³-hybridized carbons (Fsp3) is 0.235. The fourth-order valence-corrected chi connectivity index (χ4v) is 2.97. The largest absolute Gasteiger partial charge is 0.497 e. The minimum Gasteiger partial charge on any atom is -0.497 e. The highest BCUT2D eigenvalue weighted by atomic mass is 32.2. The highest BCUT2D eigenvalue weighted by Crippen LogP contribution is 2.15. The van der Waals surface area contributed by atoms with Crippen molar-refractivity contribution in [1.82, 2.24) is 4.72 Å². The highest BCUT2D eigenvalue weighted by molar-refractivity contribution is 7.89. The molecule has 24 heavy (non-hydrogen) atoms. The molecule has 0 spiro atoms. The summed E-state index contributed by atoms with van der Waals surface area (Å²) in [5.74, 6) is 0.106. The Hall–Kier alpha value is -2.38. The summed E-state index contributed by atoms with van der Waals surface area (Å²) in [6.45, 7) is 0.146. The second-order valence-electron chi connectivity index (χ2n) is 4.97. The van der Waals surface area contributed by atoms with Crippen LogP contribution in [-0.2, 0) is 26.2 Å². The third-order valence-electron chi connectivity index (χ3n) is 3.23. The van der Waals surface area contributed by atoms with Gasteiger partial charge in [0.15, 0.2) is 0 Å². The molecule has 128 valence electrons. The summed E-state index contributed by atoms with van der Waals surface area (Å²) in [7, 11) is -2.16. The van der Waals surface area contributed by atoms with E-state index in [4.69, 9.17) is 9.47 Å². The number of benzene rings is 2. The predicted octanol–water partition coefficient (Wildman–Crippen LogP) is 2.11. The van der Waals surface area contributed by atoms with Crippen LogP contribution >= 0.6 is 0 Å². The maximum absolute atomic E-state index is 12.1. The van der Waals surface area contributed by atoms with Crippen LogP contribution in [0.25, 0.3) is 0 Å². The average molecular weight is 349 g/mol. The standard InChI is InChI=1S/C17H19NO5S/c1-22-15-7-9-16(10-8-15)24(20,21)18-12-11-17(19)23-13-14-5-3-2-4-6-14/h2-10,18H,11-13H2,1H3. The molecule has 0 bridgehead atoms. The van der Waals surface area contributed by atoms with Gasteiger partial charge in [-0.2, -0.15) is 0 Å². The summed E-state index contributed by atoms with van der Waals surface area (Å²) >= 11 is 0. The molecule has 0 amide bonds. The molecule has 0 saturated heterocycles. The number of carbonyl (C=O) groups excluding carboxylic acids is 1. The monoisotopic (exact) mass is 349 g/mol. The molecule has 2 aromatic carbocycles. The number of rotatable bonds is 8. The SMILES string of the molecule is COc1ccc(S(=O)(=O)NCCC(=O)OCc2ccccc2)cc1. The van der Waals surface area contributed by atoms with E-state index in [1.54, 1.807) is 12.1 Å². The molecule has 0 heterocycles. The van der Waals surface area contributed by atoms with Crippen LogP contribution in [-0.4, -0.2) is 28.0 Å². The van der Waals surface area contributed by atoms with Crippen molar-refractivity contribution in [2.75, 3.05) is 13.7 Å². The van der Waals surface area contributed by atoms with Crippen molar-refractivity contribution in [2.24, 2.45) is 0 Å². The first-order valence-corrected chi connectivity index (χ1v) is 8.83. The molecule has 0 aliphatic carbocycles. The quantitative estimate of drug-likeness (QED) is 0.738. The third kappa shape index (κ3) is 5.36. The van der Waals surface area contributed by atoms with E-state index in [9.17, 15) is 13.2 Å². The third-order valence-corrected chi connectivity index (χ3v) is 4.71. The van der Waals surface area contributed by atoms with Gasteiger partial charge < -0.3 is 9.47 Å². The Morgan fingerprint density at radius 2 is 1.71 bits per heavy atom. The van der Waals surface area contributed by atoms with E-state index in [0.717, 1.165) is 5.56 Å². The Bertz CT molecular complexity index is 757. The Morgan fingerprint density at radius 1 is 1.04 bits per heavy atom. The number of nitrogens with one attached hydrogen (secondary N) is 1. The second kappa shape index (κ2) is 8.47. The number of ether oxygens (including phenoxy) is 2. The zero-order chi connectivity index (χ0) is 17.4. The van der Waals surface area contributed by atoms with E-state index < -0.39 is 16.0 Å². The van der Waals surface area contributed by atoms with Crippen molar-refractivity contribution < 1.29 is 22.7 Å². The first kappa shape index (κ1) is 18.0. The van der Waals surface area contributed by atoms with Crippen LogP contribution in [0.5, 0.6) is 5.75 Å². The van der Waals surface area contributed by atoms with Crippen LogP contribution in [0, 0.1) is 0 Å². The summed E-state index contributed by atoms with van der Waals surface area (Å²) in [5.41, 5.74) is 0.879. The van der Waals surface area contributed by atoms with Gasteiger partial charge in [0.2, 0.25) is 10.0 Å². The number of carbonyl (C=O) groups is 1. The smallest absolute Gasteiger partial charge is 0.307 e. The first-order valence-electron chi connectivity index (χ1n) is 7.34. The Labute approximate surface area is 141 Å². The lowest BCUT2D eigenvalue weighted by Gasteiger charge is -2.08. The maximum Gasteiger partial charge on any atom is 0.307 e. The minimum atomic E-state index is -3.66. The number of hydrogen-bond acceptors (Lipinski definition) is 5. The first-order chi connectivity index (χ1) is 11.5. The Morgan fingerprint density at radius 3 is 2.33 bits per heavy atom. The van der Waals surface area contributed by atoms with Crippen molar-refractivity contribution in [2.45, 2.75) is 17.9 Å². The lowest BCUT2D eigenvalue weighted by molar-refractivity contribution is -0.144. The molecule has 0 radical (unpaired) electrons. The van der Waals surface area contributed by atoms with Gasteiger partial charge in [-0.3, -0.25) is 4.79 Å². The molecular weight excluding hydrogens is 330 g/mol. The summed E-state index contributed by atoms with van der Waals surface area (Å²) in [6, 6.07) is 15.3. The van der Waals surface area contributed by atoms with Gasteiger partial charge >= 0.3 is 5.97 Å². The molecule has 0 unspecified atom stereocenters. The predicted molar refractivity (Wildman–Crippen MR) is 89.0 cm³/mol. The summed E-state index contributed by atoms with van der Waals surface area (Å²) < 4.78 is 36.6. The van der Waals surface area contributed by atoms with Crippen LogP contribution in [0.4, 0.5) is 0 Å². The topological polar surface area (TPSA) is 81.7 Å². The number of hydrogen-bond donors (Lipinski definition) is 1. The molecule has 0 saturated carbocycles. The van der Waals surface area contributed by atoms with Crippen LogP contribution in [0.1, 0.15) is 12.0 Å². The number of methoxy groups -OCH3 is 1. The van der Waals surface area contributed by atoms with Crippen LogP contribution in [0.15, 0.2) is 59.5 Å². The minimum absolute atomic E-state index is 0.0258. The maximum atomic E-state index is 12.1. The van der Waals surface area contributed by atoms with Gasteiger partial charge in [0.1, 0.15) is 12.4 Å². The summed E-state index contributed by atoms with van der Waals surface area (Å²) in [5, 5.41) is 0. The molecule has 0 aromatic heterocycles. The van der Waals surface area contributed by atoms with Gasteiger partial charge in [0.25, 0.3) is 0 Å². The van der Waals surface area contributed by atoms with Crippen LogP contribution in [0.3, 0.4) is 0 Å². The number of esters is 1.